The van der Waals surface area contributed by atoms with Crippen LogP contribution in [0.15, 0.2) is 29.8 Å². The lowest BCUT2D eigenvalue weighted by atomic mass is 10.1. The van der Waals surface area contributed by atoms with Gasteiger partial charge in [0.15, 0.2) is 16.4 Å². The van der Waals surface area contributed by atoms with Crippen molar-refractivity contribution in [1.29, 1.82) is 0 Å². The van der Waals surface area contributed by atoms with Crippen LogP contribution in [-0.2, 0) is 24.2 Å². The van der Waals surface area contributed by atoms with Crippen molar-refractivity contribution in [3.05, 3.63) is 35.4 Å². The summed E-state index contributed by atoms with van der Waals surface area (Å²) in [5.41, 5.74) is 1.13. The molecular weight excluding hydrogens is 382 g/mol. The van der Waals surface area contributed by atoms with Gasteiger partial charge in [-0.2, -0.15) is 0 Å². The Morgan fingerprint density at radius 2 is 2.07 bits per heavy atom. The summed E-state index contributed by atoms with van der Waals surface area (Å²) >= 11 is 0. The summed E-state index contributed by atoms with van der Waals surface area (Å²) < 4.78 is 34.3. The summed E-state index contributed by atoms with van der Waals surface area (Å²) in [5, 5.41) is 0. The maximum absolute atomic E-state index is 12.6. The van der Waals surface area contributed by atoms with Gasteiger partial charge in [-0.25, -0.2) is 13.2 Å². The predicted octanol–water partition coefficient (Wildman–Crippen LogP) is 1.82. The Balaban J connectivity index is 1.61. The zero-order valence-corrected chi connectivity index (χ0v) is 16.7. The number of nitrogens with zero attached hydrogens (tertiary/aromatic N) is 1. The Kier molecular flexibility index (Phi) is 6.39. The van der Waals surface area contributed by atoms with E-state index in [1.54, 1.807) is 11.0 Å². The van der Waals surface area contributed by atoms with Crippen molar-refractivity contribution in [3.8, 4) is 5.75 Å². The van der Waals surface area contributed by atoms with E-state index in [1.165, 1.54) is 0 Å². The van der Waals surface area contributed by atoms with Crippen LogP contribution in [0.1, 0.15) is 31.7 Å². The minimum Gasteiger partial charge on any atom is -0.488 e. The summed E-state index contributed by atoms with van der Waals surface area (Å²) in [5.74, 6) is -0.189. The molecule has 2 heterocycles. The molecule has 0 aromatic heterocycles. The smallest absolute Gasteiger partial charge is 0.338 e. The molecular formula is C20H25NO6S. The molecule has 2 aliphatic heterocycles. The van der Waals surface area contributed by atoms with Crippen molar-refractivity contribution in [2.75, 3.05) is 31.3 Å². The van der Waals surface area contributed by atoms with E-state index < -0.39 is 22.4 Å². The van der Waals surface area contributed by atoms with Crippen molar-refractivity contribution in [2.24, 2.45) is 0 Å². The van der Waals surface area contributed by atoms with Gasteiger partial charge in [0.05, 0.1) is 17.1 Å². The number of ether oxygens (including phenoxy) is 2. The number of fused-ring (bicyclic) bond motifs is 1. The Morgan fingerprint density at radius 3 is 2.79 bits per heavy atom. The molecule has 152 valence electrons. The van der Waals surface area contributed by atoms with Gasteiger partial charge >= 0.3 is 5.97 Å². The van der Waals surface area contributed by atoms with E-state index in [4.69, 9.17) is 9.47 Å². The number of rotatable bonds is 7. The Hall–Kier alpha value is -2.35. The highest BCUT2D eigenvalue weighted by atomic mass is 32.2. The fourth-order valence-corrected chi connectivity index (χ4v) is 5.13. The van der Waals surface area contributed by atoms with Gasteiger partial charge < -0.3 is 14.4 Å². The first kappa shape index (κ1) is 20.4. The fraction of sp³-hybridized carbons (Fsp3) is 0.500. The Morgan fingerprint density at radius 1 is 1.29 bits per heavy atom. The monoisotopic (exact) mass is 407 g/mol. The van der Waals surface area contributed by atoms with E-state index in [-0.39, 0.29) is 30.1 Å². The third-order valence-electron chi connectivity index (χ3n) is 4.94. The molecule has 1 aromatic carbocycles. The Bertz CT molecular complexity index is 876. The maximum Gasteiger partial charge on any atom is 0.338 e. The largest absolute Gasteiger partial charge is 0.488 e. The molecule has 3 rings (SSSR count). The van der Waals surface area contributed by atoms with E-state index >= 15 is 0 Å². The number of esters is 1. The van der Waals surface area contributed by atoms with Crippen LogP contribution >= 0.6 is 0 Å². The fourth-order valence-electron chi connectivity index (χ4n) is 3.40. The quantitative estimate of drug-likeness (QED) is 0.641. The van der Waals surface area contributed by atoms with Crippen LogP contribution in [0.5, 0.6) is 5.75 Å². The van der Waals surface area contributed by atoms with Gasteiger partial charge in [0.25, 0.3) is 5.91 Å². The zero-order chi connectivity index (χ0) is 20.1. The minimum atomic E-state index is -3.10. The molecule has 7 nitrogen and oxygen atoms in total. The molecule has 2 aliphatic rings. The average molecular weight is 407 g/mol. The summed E-state index contributed by atoms with van der Waals surface area (Å²) in [7, 11) is -3.10. The molecule has 0 N–H and O–H groups in total. The number of unbranched alkanes of at least 4 members (excludes halogenated alkanes) is 1. The van der Waals surface area contributed by atoms with E-state index in [9.17, 15) is 18.0 Å². The van der Waals surface area contributed by atoms with Gasteiger partial charge in [-0.1, -0.05) is 31.5 Å². The number of hydrogen-bond donors (Lipinski definition) is 0. The molecule has 0 spiro atoms. The molecule has 1 fully saturated rings. The second-order valence-electron chi connectivity index (χ2n) is 7.07. The van der Waals surface area contributed by atoms with E-state index in [0.29, 0.717) is 24.3 Å². The SMILES string of the molecule is CCCCN(C(=O)COC(=O)C1=Cc2ccccc2OC1)C1CCS(=O)(=O)C1. The standard InChI is InChI=1S/C20H25NO6S/c1-2-3-9-21(17-8-10-28(24,25)14-17)19(22)13-27-20(23)16-11-15-6-4-5-7-18(15)26-12-16/h4-7,11,17H,2-3,8-10,12-14H2,1H3. The highest BCUT2D eigenvalue weighted by Crippen LogP contribution is 2.26. The van der Waals surface area contributed by atoms with E-state index in [0.717, 1.165) is 18.4 Å². The lowest BCUT2D eigenvalue weighted by Gasteiger charge is -2.28. The number of amides is 1. The third kappa shape index (κ3) is 4.92. The van der Waals surface area contributed by atoms with E-state index in [2.05, 4.69) is 0 Å². The molecule has 1 unspecified atom stereocenters. The summed E-state index contributed by atoms with van der Waals surface area (Å²) in [6.45, 7) is 2.15. The first-order valence-corrected chi connectivity index (χ1v) is 11.3. The molecule has 0 aliphatic carbocycles. The number of hydrogen-bond acceptors (Lipinski definition) is 6. The van der Waals surface area contributed by atoms with Crippen LogP contribution in [0, 0.1) is 0 Å². The summed E-state index contributed by atoms with van der Waals surface area (Å²) in [6, 6.07) is 7.01. The molecule has 1 atom stereocenters. The van der Waals surface area contributed by atoms with Crippen molar-refractivity contribution < 1.29 is 27.5 Å². The van der Waals surface area contributed by atoms with Gasteiger partial charge in [-0.15, -0.1) is 0 Å². The van der Waals surface area contributed by atoms with Crippen molar-refractivity contribution in [2.45, 2.75) is 32.2 Å². The third-order valence-corrected chi connectivity index (χ3v) is 6.69. The molecule has 28 heavy (non-hydrogen) atoms. The normalized spacial score (nSPS) is 19.9. The highest BCUT2D eigenvalue weighted by molar-refractivity contribution is 7.91. The molecule has 1 aromatic rings. The van der Waals surface area contributed by atoms with Gasteiger partial charge in [-0.3, -0.25) is 4.79 Å². The van der Waals surface area contributed by atoms with Gasteiger partial charge in [0, 0.05) is 18.2 Å². The van der Waals surface area contributed by atoms with Crippen LogP contribution in [0.4, 0.5) is 0 Å². The summed E-state index contributed by atoms with van der Waals surface area (Å²) in [4.78, 5) is 26.5. The molecule has 0 radical (unpaired) electrons. The second kappa shape index (κ2) is 8.77. The van der Waals surface area contributed by atoms with Crippen LogP contribution < -0.4 is 4.74 Å². The number of para-hydroxylation sites is 1. The van der Waals surface area contributed by atoms with Gasteiger partial charge in [0.1, 0.15) is 12.4 Å². The number of carbonyl (C=O) groups excluding carboxylic acids is 2. The van der Waals surface area contributed by atoms with Crippen molar-refractivity contribution in [1.82, 2.24) is 4.90 Å². The van der Waals surface area contributed by atoms with Crippen LogP contribution in [0.2, 0.25) is 0 Å². The second-order valence-corrected chi connectivity index (χ2v) is 9.30. The van der Waals surface area contributed by atoms with Crippen LogP contribution in [0.3, 0.4) is 0 Å². The lowest BCUT2D eigenvalue weighted by molar-refractivity contribution is -0.150. The van der Waals surface area contributed by atoms with Crippen LogP contribution in [-0.4, -0.2) is 62.5 Å². The molecule has 0 saturated carbocycles. The molecule has 0 bridgehead atoms. The maximum atomic E-state index is 12.6. The zero-order valence-electron chi connectivity index (χ0n) is 15.9. The van der Waals surface area contributed by atoms with Crippen LogP contribution in [0.25, 0.3) is 6.08 Å². The number of sulfone groups is 1. The first-order valence-electron chi connectivity index (χ1n) is 9.49. The van der Waals surface area contributed by atoms with Gasteiger partial charge in [0.2, 0.25) is 0 Å². The molecule has 1 saturated heterocycles. The average Bonchev–Trinajstić information content (AvgIpc) is 3.05. The van der Waals surface area contributed by atoms with Crippen molar-refractivity contribution in [3.63, 3.8) is 0 Å². The van der Waals surface area contributed by atoms with Crippen molar-refractivity contribution >= 4 is 27.8 Å². The lowest BCUT2D eigenvalue weighted by Crippen LogP contribution is -2.44. The number of carbonyl (C=O) groups is 2. The number of benzene rings is 1. The minimum absolute atomic E-state index is 0.0216. The topological polar surface area (TPSA) is 90.0 Å². The van der Waals surface area contributed by atoms with E-state index in [1.807, 2.05) is 31.2 Å². The first-order chi connectivity index (χ1) is 13.4. The van der Waals surface area contributed by atoms with Gasteiger partial charge in [-0.05, 0) is 25.0 Å². The summed E-state index contributed by atoms with van der Waals surface area (Å²) in [6.07, 6.45) is 3.78. The Labute approximate surface area is 165 Å². The molecule has 8 heteroatoms. The predicted molar refractivity (Wildman–Crippen MR) is 105 cm³/mol. The highest BCUT2D eigenvalue weighted by Gasteiger charge is 2.34. The molecule has 1 amide bonds.